The zero-order valence-corrected chi connectivity index (χ0v) is 15.1. The van der Waals surface area contributed by atoms with E-state index < -0.39 is 10.0 Å². The molecule has 1 aromatic rings. The maximum Gasteiger partial charge on any atom is 0.241 e. The number of hydrogen-bond acceptors (Lipinski definition) is 4. The number of benzene rings is 1. The number of nitrogens with one attached hydrogen (secondary N) is 1. The quantitative estimate of drug-likeness (QED) is 0.806. The number of rotatable bonds is 5. The van der Waals surface area contributed by atoms with Crippen LogP contribution in [0, 0.1) is 0 Å². The topological polar surface area (TPSA) is 66.4 Å². The molecule has 118 valence electrons. The van der Waals surface area contributed by atoms with Crippen LogP contribution in [0.4, 0.5) is 0 Å². The molecule has 2 atom stereocenters. The summed E-state index contributed by atoms with van der Waals surface area (Å²) in [5.41, 5.74) is 0.681. The minimum atomic E-state index is -3.53. The lowest BCUT2D eigenvalue weighted by Crippen LogP contribution is -2.39. The smallest absolute Gasteiger partial charge is 0.241 e. The van der Waals surface area contributed by atoms with Crippen LogP contribution >= 0.6 is 27.7 Å². The first-order valence-corrected chi connectivity index (χ1v) is 10.5. The highest BCUT2D eigenvalue weighted by atomic mass is 79.9. The van der Waals surface area contributed by atoms with Crippen LogP contribution in [-0.2, 0) is 16.6 Å². The molecule has 1 aliphatic rings. The molecular weight excluding hydrogens is 374 g/mol. The summed E-state index contributed by atoms with van der Waals surface area (Å²) in [6.07, 6.45) is 6.07. The van der Waals surface area contributed by atoms with E-state index in [2.05, 4.69) is 26.9 Å². The van der Waals surface area contributed by atoms with Crippen molar-refractivity contribution in [3.8, 4) is 0 Å². The van der Waals surface area contributed by atoms with E-state index in [4.69, 9.17) is 5.11 Å². The molecule has 7 heteroatoms. The molecule has 21 heavy (non-hydrogen) atoms. The maximum atomic E-state index is 12.5. The van der Waals surface area contributed by atoms with E-state index in [1.807, 2.05) is 11.8 Å². The summed E-state index contributed by atoms with van der Waals surface area (Å²) >= 11 is 5.09. The Morgan fingerprint density at radius 3 is 2.81 bits per heavy atom. The number of aliphatic hydroxyl groups excluding tert-OH is 1. The summed E-state index contributed by atoms with van der Waals surface area (Å²) in [6, 6.07) is 4.81. The fraction of sp³-hybridized carbons (Fsp3) is 0.571. The predicted octanol–water partition coefficient (Wildman–Crippen LogP) is 2.89. The summed E-state index contributed by atoms with van der Waals surface area (Å²) in [7, 11) is -3.53. The van der Waals surface area contributed by atoms with Gasteiger partial charge in [0.25, 0.3) is 0 Å². The van der Waals surface area contributed by atoms with Gasteiger partial charge in [-0.05, 0) is 59.1 Å². The SMILES string of the molecule is CSC1CCCC(NS(=O)(=O)c2ccc(CO)cc2Br)C1. The highest BCUT2D eigenvalue weighted by Gasteiger charge is 2.27. The first-order valence-electron chi connectivity index (χ1n) is 6.90. The van der Waals surface area contributed by atoms with Crippen molar-refractivity contribution in [2.24, 2.45) is 0 Å². The molecule has 0 amide bonds. The average Bonchev–Trinajstić information content (AvgIpc) is 2.46. The van der Waals surface area contributed by atoms with E-state index in [1.54, 1.807) is 12.1 Å². The van der Waals surface area contributed by atoms with Crippen LogP contribution in [0.15, 0.2) is 27.6 Å². The lowest BCUT2D eigenvalue weighted by molar-refractivity contribution is 0.281. The van der Waals surface area contributed by atoms with E-state index in [0.29, 0.717) is 15.3 Å². The molecule has 2 unspecified atom stereocenters. The Balaban J connectivity index is 2.14. The number of halogens is 1. The number of hydrogen-bond donors (Lipinski definition) is 2. The molecule has 0 spiro atoms. The standard InChI is InChI=1S/C14H20BrNO3S2/c1-20-12-4-2-3-11(8-12)16-21(18,19)14-6-5-10(9-17)7-13(14)15/h5-7,11-12,16-17H,2-4,8-9H2,1H3. The molecule has 2 rings (SSSR count). The second-order valence-electron chi connectivity index (χ2n) is 5.27. The van der Waals surface area contributed by atoms with Crippen LogP contribution in [0.2, 0.25) is 0 Å². The average molecular weight is 394 g/mol. The lowest BCUT2D eigenvalue weighted by Gasteiger charge is -2.28. The monoisotopic (exact) mass is 393 g/mol. The van der Waals surface area contributed by atoms with Gasteiger partial charge in [0.1, 0.15) is 0 Å². The van der Waals surface area contributed by atoms with Crippen molar-refractivity contribution in [2.75, 3.05) is 6.26 Å². The van der Waals surface area contributed by atoms with E-state index in [1.165, 1.54) is 6.07 Å². The van der Waals surface area contributed by atoms with E-state index in [-0.39, 0.29) is 17.5 Å². The van der Waals surface area contributed by atoms with Gasteiger partial charge in [0.05, 0.1) is 11.5 Å². The molecule has 0 radical (unpaired) electrons. The largest absolute Gasteiger partial charge is 0.392 e. The molecule has 0 heterocycles. The second kappa shape index (κ2) is 7.46. The van der Waals surface area contributed by atoms with Crippen LogP contribution in [0.3, 0.4) is 0 Å². The predicted molar refractivity (Wildman–Crippen MR) is 89.9 cm³/mol. The number of sulfonamides is 1. The second-order valence-corrected chi connectivity index (χ2v) is 8.94. The van der Waals surface area contributed by atoms with Crippen LogP contribution < -0.4 is 4.72 Å². The minimum Gasteiger partial charge on any atom is -0.392 e. The van der Waals surface area contributed by atoms with Gasteiger partial charge in [-0.25, -0.2) is 13.1 Å². The molecule has 0 aliphatic heterocycles. The summed E-state index contributed by atoms with van der Waals surface area (Å²) in [5, 5.41) is 9.62. The molecule has 1 saturated carbocycles. The molecule has 0 aromatic heterocycles. The van der Waals surface area contributed by atoms with Crippen LogP contribution in [-0.4, -0.2) is 31.1 Å². The van der Waals surface area contributed by atoms with E-state index >= 15 is 0 Å². The Labute approximate surface area is 138 Å². The third-order valence-electron chi connectivity index (χ3n) is 3.75. The Bertz CT molecular complexity index is 592. The molecule has 2 N–H and O–H groups in total. The van der Waals surface area contributed by atoms with Gasteiger partial charge in [-0.2, -0.15) is 11.8 Å². The first-order chi connectivity index (χ1) is 9.96. The van der Waals surface area contributed by atoms with Gasteiger partial charge in [0.2, 0.25) is 10.0 Å². The zero-order valence-electron chi connectivity index (χ0n) is 11.9. The van der Waals surface area contributed by atoms with Crippen molar-refractivity contribution in [1.82, 2.24) is 4.72 Å². The van der Waals surface area contributed by atoms with Crippen LogP contribution in [0.5, 0.6) is 0 Å². The third-order valence-corrected chi connectivity index (χ3v) is 7.34. The van der Waals surface area contributed by atoms with Gasteiger partial charge >= 0.3 is 0 Å². The van der Waals surface area contributed by atoms with Crippen molar-refractivity contribution in [1.29, 1.82) is 0 Å². The van der Waals surface area contributed by atoms with Crippen molar-refractivity contribution >= 4 is 37.7 Å². The van der Waals surface area contributed by atoms with Gasteiger partial charge < -0.3 is 5.11 Å². The summed E-state index contributed by atoms with van der Waals surface area (Å²) in [6.45, 7) is -0.107. The van der Waals surface area contributed by atoms with Crippen molar-refractivity contribution in [3.63, 3.8) is 0 Å². The fourth-order valence-electron chi connectivity index (χ4n) is 2.61. The van der Waals surface area contributed by atoms with Crippen LogP contribution in [0.25, 0.3) is 0 Å². The molecule has 4 nitrogen and oxygen atoms in total. The van der Waals surface area contributed by atoms with Crippen molar-refractivity contribution in [3.05, 3.63) is 28.2 Å². The van der Waals surface area contributed by atoms with Crippen LogP contribution in [0.1, 0.15) is 31.2 Å². The number of aliphatic hydroxyl groups is 1. The van der Waals surface area contributed by atoms with E-state index in [0.717, 1.165) is 25.7 Å². The van der Waals surface area contributed by atoms with Gasteiger partial charge in [0.15, 0.2) is 0 Å². The summed E-state index contributed by atoms with van der Waals surface area (Å²) in [5.74, 6) is 0. The third kappa shape index (κ3) is 4.45. The normalized spacial score (nSPS) is 23.2. The maximum absolute atomic E-state index is 12.5. The highest BCUT2D eigenvalue weighted by Crippen LogP contribution is 2.29. The Morgan fingerprint density at radius 1 is 1.43 bits per heavy atom. The van der Waals surface area contributed by atoms with Gasteiger partial charge in [-0.1, -0.05) is 12.5 Å². The Hall–Kier alpha value is -0.0800. The van der Waals surface area contributed by atoms with Crippen molar-refractivity contribution in [2.45, 2.75) is 48.5 Å². The number of thioether (sulfide) groups is 1. The Morgan fingerprint density at radius 2 is 2.19 bits per heavy atom. The first kappa shape index (κ1) is 17.3. The lowest BCUT2D eigenvalue weighted by atomic mass is 9.96. The molecule has 1 aromatic carbocycles. The van der Waals surface area contributed by atoms with Crippen molar-refractivity contribution < 1.29 is 13.5 Å². The van der Waals surface area contributed by atoms with Gasteiger partial charge in [-0.15, -0.1) is 0 Å². The molecular formula is C14H20BrNO3S2. The Kier molecular flexibility index (Phi) is 6.14. The molecule has 0 bridgehead atoms. The fourth-order valence-corrected chi connectivity index (χ4v) is 5.84. The van der Waals surface area contributed by atoms with Gasteiger partial charge in [-0.3, -0.25) is 0 Å². The molecule has 0 saturated heterocycles. The zero-order chi connectivity index (χ0) is 15.5. The minimum absolute atomic E-state index is 0.00520. The summed E-state index contributed by atoms with van der Waals surface area (Å²) in [4.78, 5) is 0.228. The molecule has 1 fully saturated rings. The molecule has 1 aliphatic carbocycles. The highest BCUT2D eigenvalue weighted by molar-refractivity contribution is 9.10. The van der Waals surface area contributed by atoms with Gasteiger partial charge in [0, 0.05) is 15.8 Å². The van der Waals surface area contributed by atoms with E-state index in [9.17, 15) is 8.42 Å². The summed E-state index contributed by atoms with van der Waals surface area (Å²) < 4.78 is 28.3.